The molecule has 2 aliphatic rings. The van der Waals surface area contributed by atoms with Gasteiger partial charge in [-0.3, -0.25) is 9.59 Å². The monoisotopic (exact) mass is 632 g/mol. The van der Waals surface area contributed by atoms with E-state index in [1.807, 2.05) is 0 Å². The highest BCUT2D eigenvalue weighted by molar-refractivity contribution is 7.89. The molecule has 2 saturated heterocycles. The topological polar surface area (TPSA) is 150 Å². The van der Waals surface area contributed by atoms with Crippen molar-refractivity contribution in [3.8, 4) is 5.75 Å². The smallest absolute Gasteiger partial charge is 0.449 e. The molecule has 2 aliphatic heterocycles. The van der Waals surface area contributed by atoms with E-state index in [4.69, 9.17) is 20.8 Å². The molecule has 0 saturated carbocycles. The van der Waals surface area contributed by atoms with Crippen molar-refractivity contribution in [2.24, 2.45) is 0 Å². The Morgan fingerprint density at radius 2 is 1.83 bits per heavy atom. The third-order valence-electron chi connectivity index (χ3n) is 7.63. The zero-order valence-electron chi connectivity index (χ0n) is 22.3. The van der Waals surface area contributed by atoms with E-state index in [9.17, 15) is 36.3 Å². The SMILES string of the molecule is CCC(Nc1c(Nc2ccc(Cl)c(S(=O)(=O)N3CCC4(CC3)COCCN4)c2O)c(=O)c1=O)c1ccc(C(F)(F)F)o1. The van der Waals surface area contributed by atoms with Gasteiger partial charge in [-0.15, -0.1) is 0 Å². The van der Waals surface area contributed by atoms with Crippen LogP contribution in [0.3, 0.4) is 0 Å². The van der Waals surface area contributed by atoms with Crippen LogP contribution in [0.25, 0.3) is 0 Å². The van der Waals surface area contributed by atoms with Crippen molar-refractivity contribution in [2.75, 3.05) is 43.5 Å². The highest BCUT2D eigenvalue weighted by Gasteiger charge is 2.41. The van der Waals surface area contributed by atoms with Crippen LogP contribution in [0.4, 0.5) is 30.2 Å². The molecule has 42 heavy (non-hydrogen) atoms. The van der Waals surface area contributed by atoms with Crippen LogP contribution < -0.4 is 26.8 Å². The Morgan fingerprint density at radius 3 is 2.43 bits per heavy atom. The van der Waals surface area contributed by atoms with Gasteiger partial charge in [0.1, 0.15) is 22.0 Å². The molecule has 1 unspecified atom stereocenters. The summed E-state index contributed by atoms with van der Waals surface area (Å²) in [7, 11) is -4.28. The fourth-order valence-electron chi connectivity index (χ4n) is 5.23. The lowest BCUT2D eigenvalue weighted by Gasteiger charge is -2.44. The minimum atomic E-state index is -4.70. The highest BCUT2D eigenvalue weighted by Crippen LogP contribution is 2.42. The maximum absolute atomic E-state index is 13.6. The summed E-state index contributed by atoms with van der Waals surface area (Å²) in [5.74, 6) is -2.08. The molecule has 1 aromatic heterocycles. The number of benzene rings is 1. The third-order valence-corrected chi connectivity index (χ3v) is 10.0. The molecule has 16 heteroatoms. The molecule has 0 bridgehead atoms. The van der Waals surface area contributed by atoms with E-state index < -0.39 is 49.5 Å². The molecule has 2 aromatic carbocycles. The zero-order chi connectivity index (χ0) is 30.4. The number of aromatic hydroxyl groups is 1. The standard InChI is InChI=1S/C26H28ClF3N4O7S/c1-2-15(17-5-6-18(41-17)26(28,29)30)32-19-20(23(37)22(19)36)33-16-4-3-14(27)24(21(16)35)42(38,39)34-10-7-25(8-11-34)13-40-12-9-31-25/h3-6,15,31-33,35H,2,7-13H2,1H3. The van der Waals surface area contributed by atoms with Crippen molar-refractivity contribution in [3.63, 3.8) is 0 Å². The molecule has 0 aliphatic carbocycles. The second kappa shape index (κ2) is 11.2. The number of piperidine rings is 1. The van der Waals surface area contributed by atoms with Gasteiger partial charge in [0.05, 0.1) is 30.0 Å². The number of nitrogens with one attached hydrogen (secondary N) is 3. The number of morpholine rings is 1. The number of sulfonamides is 1. The molecule has 3 heterocycles. The van der Waals surface area contributed by atoms with Gasteiger partial charge in [-0.2, -0.15) is 17.5 Å². The van der Waals surface area contributed by atoms with Crippen LogP contribution in [0.2, 0.25) is 5.02 Å². The number of ether oxygens (including phenoxy) is 1. The maximum Gasteiger partial charge on any atom is 0.449 e. The second-order valence-electron chi connectivity index (χ2n) is 10.3. The van der Waals surface area contributed by atoms with E-state index in [0.717, 1.165) is 12.1 Å². The van der Waals surface area contributed by atoms with Gasteiger partial charge in [-0.1, -0.05) is 18.5 Å². The van der Waals surface area contributed by atoms with Crippen LogP contribution in [0.15, 0.2) is 43.2 Å². The van der Waals surface area contributed by atoms with E-state index in [-0.39, 0.29) is 52.9 Å². The van der Waals surface area contributed by atoms with Crippen molar-refractivity contribution in [2.45, 2.75) is 48.8 Å². The fourth-order valence-corrected chi connectivity index (χ4v) is 7.26. The van der Waals surface area contributed by atoms with Crippen LogP contribution in [0.5, 0.6) is 5.75 Å². The van der Waals surface area contributed by atoms with E-state index in [2.05, 4.69) is 16.0 Å². The van der Waals surface area contributed by atoms with Crippen molar-refractivity contribution in [1.82, 2.24) is 9.62 Å². The number of furan rings is 1. The summed E-state index contributed by atoms with van der Waals surface area (Å²) < 4.78 is 77.8. The van der Waals surface area contributed by atoms with Crippen molar-refractivity contribution >= 4 is 38.7 Å². The van der Waals surface area contributed by atoms with Crippen molar-refractivity contribution in [1.29, 1.82) is 0 Å². The number of rotatable bonds is 8. The van der Waals surface area contributed by atoms with Crippen LogP contribution in [-0.4, -0.2) is 56.2 Å². The van der Waals surface area contributed by atoms with Gasteiger partial charge in [0.15, 0.2) is 5.75 Å². The Kier molecular flexibility index (Phi) is 8.08. The summed E-state index contributed by atoms with van der Waals surface area (Å²) in [4.78, 5) is 24.3. The van der Waals surface area contributed by atoms with Gasteiger partial charge in [-0.05, 0) is 43.5 Å². The molecule has 0 radical (unpaired) electrons. The Balaban J connectivity index is 1.38. The molecular formula is C26H28ClF3N4O7S. The van der Waals surface area contributed by atoms with E-state index >= 15 is 0 Å². The first-order valence-electron chi connectivity index (χ1n) is 13.2. The number of phenols is 1. The van der Waals surface area contributed by atoms with Gasteiger partial charge in [-0.25, -0.2) is 8.42 Å². The third kappa shape index (κ3) is 5.51. The number of hydrogen-bond acceptors (Lipinski definition) is 10. The van der Waals surface area contributed by atoms with Crippen LogP contribution >= 0.6 is 11.6 Å². The predicted molar refractivity (Wildman–Crippen MR) is 148 cm³/mol. The first-order valence-corrected chi connectivity index (χ1v) is 15.0. The van der Waals surface area contributed by atoms with Crippen molar-refractivity contribution in [3.05, 3.63) is 61.3 Å². The Labute approximate surface area is 243 Å². The summed E-state index contributed by atoms with van der Waals surface area (Å²) in [6, 6.07) is 3.45. The predicted octanol–water partition coefficient (Wildman–Crippen LogP) is 3.70. The van der Waals surface area contributed by atoms with Crippen molar-refractivity contribution < 1.29 is 35.8 Å². The lowest BCUT2D eigenvalue weighted by atomic mass is 9.88. The number of phenolic OH excluding ortho intramolecular Hbond substituents is 1. The van der Waals surface area contributed by atoms with E-state index in [0.29, 0.717) is 32.6 Å². The molecule has 0 amide bonds. The average Bonchev–Trinajstić information content (AvgIpc) is 3.45. The molecule has 1 atom stereocenters. The number of halogens is 4. The van der Waals surface area contributed by atoms with E-state index in [1.165, 1.54) is 16.4 Å². The van der Waals surface area contributed by atoms with Gasteiger partial charge in [0, 0.05) is 25.2 Å². The molecular weight excluding hydrogens is 605 g/mol. The second-order valence-corrected chi connectivity index (χ2v) is 12.6. The number of anilines is 3. The van der Waals surface area contributed by atoms with Gasteiger partial charge >= 0.3 is 6.18 Å². The molecule has 4 N–H and O–H groups in total. The van der Waals surface area contributed by atoms with E-state index in [1.54, 1.807) is 6.92 Å². The minimum Gasteiger partial charge on any atom is -0.504 e. The summed E-state index contributed by atoms with van der Waals surface area (Å²) in [6.07, 6.45) is -3.54. The Bertz CT molecular complexity index is 1650. The normalized spacial score (nSPS) is 18.8. The summed E-state index contributed by atoms with van der Waals surface area (Å²) >= 11 is 6.24. The fraction of sp³-hybridized carbons (Fsp3) is 0.462. The molecule has 2 fully saturated rings. The zero-order valence-corrected chi connectivity index (χ0v) is 23.9. The quantitative estimate of drug-likeness (QED) is 0.214. The largest absolute Gasteiger partial charge is 0.504 e. The highest BCUT2D eigenvalue weighted by atomic mass is 35.5. The average molecular weight is 633 g/mol. The molecule has 1 spiro atoms. The summed E-state index contributed by atoms with van der Waals surface area (Å²) in [5, 5.41) is 19.5. The Morgan fingerprint density at radius 1 is 1.14 bits per heavy atom. The molecule has 228 valence electrons. The van der Waals surface area contributed by atoms with Gasteiger partial charge in [0.25, 0.3) is 10.9 Å². The number of hydrogen-bond donors (Lipinski definition) is 4. The minimum absolute atomic E-state index is 0.107. The lowest BCUT2D eigenvalue weighted by molar-refractivity contribution is -0.153. The van der Waals surface area contributed by atoms with Gasteiger partial charge < -0.3 is 30.2 Å². The maximum atomic E-state index is 13.6. The summed E-state index contributed by atoms with van der Waals surface area (Å²) in [5.41, 5.74) is -3.00. The number of alkyl halides is 3. The lowest BCUT2D eigenvalue weighted by Crippen LogP contribution is -2.60. The van der Waals surface area contributed by atoms with Crippen LogP contribution in [0, 0.1) is 0 Å². The Hall–Kier alpha value is -3.11. The molecule has 3 aromatic rings. The first-order chi connectivity index (χ1) is 19.8. The molecule has 11 nitrogen and oxygen atoms in total. The first kappa shape index (κ1) is 30.4. The van der Waals surface area contributed by atoms with Crippen LogP contribution in [-0.2, 0) is 20.9 Å². The van der Waals surface area contributed by atoms with Gasteiger partial charge in [0.2, 0.25) is 15.8 Å². The molecule has 5 rings (SSSR count). The van der Waals surface area contributed by atoms with Crippen LogP contribution in [0.1, 0.15) is 43.7 Å². The number of nitrogens with zero attached hydrogens (tertiary/aromatic N) is 1. The summed E-state index contributed by atoms with van der Waals surface area (Å²) in [6.45, 7) is 3.64.